The van der Waals surface area contributed by atoms with Gasteiger partial charge in [0.25, 0.3) is 0 Å². The molecule has 0 aromatic rings. The van der Waals surface area contributed by atoms with Crippen molar-refractivity contribution >= 4 is 17.9 Å². The van der Waals surface area contributed by atoms with Gasteiger partial charge in [-0.15, -0.1) is 0 Å². The summed E-state index contributed by atoms with van der Waals surface area (Å²) in [4.78, 5) is 38.3. The molecule has 0 N–H and O–H groups in total. The summed E-state index contributed by atoms with van der Waals surface area (Å²) in [5.41, 5.74) is 0. The lowest BCUT2D eigenvalue weighted by atomic mass is 10.0. The van der Waals surface area contributed by atoms with Crippen molar-refractivity contribution in [2.75, 3.05) is 13.2 Å². The lowest BCUT2D eigenvalue weighted by molar-refractivity contribution is -0.167. The molecular weight excluding hydrogens is 1010 g/mol. The van der Waals surface area contributed by atoms with Gasteiger partial charge in [-0.25, -0.2) is 0 Å². The smallest absolute Gasteiger partial charge is 0.306 e. The molecule has 6 heteroatoms. The van der Waals surface area contributed by atoms with Crippen LogP contribution in [-0.4, -0.2) is 37.2 Å². The highest BCUT2D eigenvalue weighted by Gasteiger charge is 2.19. The molecule has 0 saturated heterocycles. The van der Waals surface area contributed by atoms with Gasteiger partial charge >= 0.3 is 17.9 Å². The summed E-state index contributed by atoms with van der Waals surface area (Å²) in [6.07, 6.45) is 92.4. The Morgan fingerprint density at radius 3 is 0.756 bits per heavy atom. The minimum Gasteiger partial charge on any atom is -0.462 e. The maximum absolute atomic E-state index is 12.9. The maximum atomic E-state index is 12.9. The third kappa shape index (κ3) is 67.6. The van der Waals surface area contributed by atoms with Crippen molar-refractivity contribution in [2.24, 2.45) is 0 Å². The van der Waals surface area contributed by atoms with Crippen LogP contribution in [0.4, 0.5) is 0 Å². The molecule has 0 aliphatic carbocycles. The molecule has 0 saturated carbocycles. The number of carbonyl (C=O) groups excluding carboxylic acids is 3. The van der Waals surface area contributed by atoms with E-state index in [1.165, 1.54) is 225 Å². The van der Waals surface area contributed by atoms with Crippen molar-refractivity contribution in [3.05, 3.63) is 72.9 Å². The van der Waals surface area contributed by atoms with Crippen LogP contribution in [0.2, 0.25) is 0 Å². The van der Waals surface area contributed by atoms with Gasteiger partial charge in [-0.2, -0.15) is 0 Å². The standard InChI is InChI=1S/C76H136O6/c1-4-7-10-13-16-19-22-25-28-29-30-31-32-33-34-35-36-37-38-39-40-41-42-43-44-45-46-47-49-51-54-57-60-63-66-69-75(78)81-72-73(71-80-74(77)68-65-62-59-56-53-50-27-24-21-18-15-12-9-6-3)82-76(79)70-67-64-61-58-55-52-48-26-23-20-17-14-11-8-5-2/h8,11,17,20,22,24-27,29-30,48,73H,4-7,9-10,12-16,18-19,21,23,28,31-47,49-72H2,1-3H3/b11-8-,20-17-,25-22-,27-24-,30-29-,48-26-. The van der Waals surface area contributed by atoms with E-state index in [-0.39, 0.29) is 31.1 Å². The molecule has 0 aromatic carbocycles. The van der Waals surface area contributed by atoms with E-state index >= 15 is 0 Å². The second-order valence-electron chi connectivity index (χ2n) is 24.1. The van der Waals surface area contributed by atoms with E-state index in [0.717, 1.165) is 109 Å². The highest BCUT2D eigenvalue weighted by molar-refractivity contribution is 5.71. The Balaban J connectivity index is 4.09. The van der Waals surface area contributed by atoms with E-state index in [1.807, 2.05) is 0 Å². The van der Waals surface area contributed by atoms with E-state index in [0.29, 0.717) is 19.3 Å². The van der Waals surface area contributed by atoms with E-state index in [9.17, 15) is 14.4 Å². The van der Waals surface area contributed by atoms with Crippen LogP contribution in [0.15, 0.2) is 72.9 Å². The first kappa shape index (κ1) is 78.8. The highest BCUT2D eigenvalue weighted by atomic mass is 16.6. The summed E-state index contributed by atoms with van der Waals surface area (Å²) in [7, 11) is 0. The fraction of sp³-hybridized carbons (Fsp3) is 0.803. The Morgan fingerprint density at radius 1 is 0.256 bits per heavy atom. The summed E-state index contributed by atoms with van der Waals surface area (Å²) in [6, 6.07) is 0. The Hall–Kier alpha value is -3.15. The molecule has 0 amide bonds. The van der Waals surface area contributed by atoms with Gasteiger partial charge in [0.1, 0.15) is 13.2 Å². The van der Waals surface area contributed by atoms with Crippen molar-refractivity contribution in [1.29, 1.82) is 0 Å². The molecule has 1 unspecified atom stereocenters. The number of unbranched alkanes of at least 4 members (excludes halogenated alkanes) is 43. The molecule has 0 heterocycles. The van der Waals surface area contributed by atoms with Crippen LogP contribution in [0.5, 0.6) is 0 Å². The van der Waals surface area contributed by atoms with E-state index in [4.69, 9.17) is 14.2 Å². The van der Waals surface area contributed by atoms with Crippen LogP contribution >= 0.6 is 0 Å². The molecule has 0 bridgehead atoms. The summed E-state index contributed by atoms with van der Waals surface area (Å²) >= 11 is 0. The Kier molecular flexibility index (Phi) is 67.6. The van der Waals surface area contributed by atoms with Gasteiger partial charge in [-0.3, -0.25) is 14.4 Å². The van der Waals surface area contributed by atoms with Crippen LogP contribution < -0.4 is 0 Å². The van der Waals surface area contributed by atoms with Gasteiger partial charge in [0.05, 0.1) is 0 Å². The fourth-order valence-corrected chi connectivity index (χ4v) is 10.5. The third-order valence-electron chi connectivity index (χ3n) is 15.9. The van der Waals surface area contributed by atoms with Crippen LogP contribution in [0.3, 0.4) is 0 Å². The first-order valence-electron chi connectivity index (χ1n) is 35.9. The summed E-state index contributed by atoms with van der Waals surface area (Å²) in [6.45, 7) is 6.53. The van der Waals surface area contributed by atoms with Crippen molar-refractivity contribution < 1.29 is 28.6 Å². The zero-order valence-corrected chi connectivity index (χ0v) is 54.8. The minimum absolute atomic E-state index is 0.0814. The first-order chi connectivity index (χ1) is 40.5. The van der Waals surface area contributed by atoms with Crippen molar-refractivity contribution in [3.8, 4) is 0 Å². The Bertz CT molecular complexity index is 1500. The molecule has 82 heavy (non-hydrogen) atoms. The fourth-order valence-electron chi connectivity index (χ4n) is 10.5. The quantitative estimate of drug-likeness (QED) is 0.0261. The molecule has 1 atom stereocenters. The molecule has 476 valence electrons. The van der Waals surface area contributed by atoms with Crippen molar-refractivity contribution in [3.63, 3.8) is 0 Å². The molecular formula is C76H136O6. The zero-order valence-electron chi connectivity index (χ0n) is 54.8. The minimum atomic E-state index is -0.787. The molecule has 0 aliphatic rings. The molecule has 0 spiro atoms. The Labute approximate surface area is 510 Å². The topological polar surface area (TPSA) is 78.9 Å². The van der Waals surface area contributed by atoms with Gasteiger partial charge in [0, 0.05) is 19.3 Å². The number of hydrogen-bond donors (Lipinski definition) is 0. The molecule has 0 aromatic heterocycles. The molecule has 0 fully saturated rings. The predicted octanol–water partition coefficient (Wildman–Crippen LogP) is 24.8. The SMILES string of the molecule is CC/C=C\C/C=C\C/C=C\CCCCCCCC(=O)OC(COC(=O)CCCCCCC/C=C\CCCCCCC)COC(=O)CCCCCCCCCCCCCCCCCCCCCCCCC/C=C\C/C=C\CCCCCCC. The van der Waals surface area contributed by atoms with E-state index < -0.39 is 6.10 Å². The molecule has 6 nitrogen and oxygen atoms in total. The van der Waals surface area contributed by atoms with Gasteiger partial charge in [-0.1, -0.05) is 318 Å². The second-order valence-corrected chi connectivity index (χ2v) is 24.1. The number of carbonyl (C=O) groups is 3. The van der Waals surface area contributed by atoms with E-state index in [2.05, 4.69) is 93.7 Å². The van der Waals surface area contributed by atoms with Crippen molar-refractivity contribution in [2.45, 2.75) is 380 Å². The monoisotopic (exact) mass is 1150 g/mol. The highest BCUT2D eigenvalue weighted by Crippen LogP contribution is 2.18. The third-order valence-corrected chi connectivity index (χ3v) is 15.9. The van der Waals surface area contributed by atoms with Crippen LogP contribution in [0.1, 0.15) is 374 Å². The Morgan fingerprint density at radius 2 is 0.476 bits per heavy atom. The lowest BCUT2D eigenvalue weighted by Crippen LogP contribution is -2.30. The molecule has 0 aliphatic heterocycles. The van der Waals surface area contributed by atoms with Gasteiger partial charge in [0.15, 0.2) is 6.10 Å². The van der Waals surface area contributed by atoms with E-state index in [1.54, 1.807) is 0 Å². The summed E-state index contributed by atoms with van der Waals surface area (Å²) in [5, 5.41) is 0. The van der Waals surface area contributed by atoms with Crippen LogP contribution in [0, 0.1) is 0 Å². The normalized spacial score (nSPS) is 12.5. The van der Waals surface area contributed by atoms with Crippen LogP contribution in [0.25, 0.3) is 0 Å². The maximum Gasteiger partial charge on any atom is 0.306 e. The average Bonchev–Trinajstić information content (AvgIpc) is 3.47. The second kappa shape index (κ2) is 70.3. The van der Waals surface area contributed by atoms with Gasteiger partial charge in [-0.05, 0) is 109 Å². The lowest BCUT2D eigenvalue weighted by Gasteiger charge is -2.18. The first-order valence-corrected chi connectivity index (χ1v) is 35.9. The number of allylic oxidation sites excluding steroid dienone is 12. The molecule has 0 radical (unpaired) electrons. The van der Waals surface area contributed by atoms with Gasteiger partial charge in [0.2, 0.25) is 0 Å². The number of esters is 3. The zero-order chi connectivity index (χ0) is 59.2. The summed E-state index contributed by atoms with van der Waals surface area (Å²) in [5.74, 6) is -0.889. The van der Waals surface area contributed by atoms with Gasteiger partial charge < -0.3 is 14.2 Å². The number of ether oxygens (including phenoxy) is 3. The van der Waals surface area contributed by atoms with Crippen molar-refractivity contribution in [1.82, 2.24) is 0 Å². The average molecular weight is 1150 g/mol. The van der Waals surface area contributed by atoms with Crippen LogP contribution in [-0.2, 0) is 28.6 Å². The number of hydrogen-bond acceptors (Lipinski definition) is 6. The number of rotatable bonds is 66. The largest absolute Gasteiger partial charge is 0.462 e. The molecule has 0 rings (SSSR count). The predicted molar refractivity (Wildman–Crippen MR) is 358 cm³/mol. The summed E-state index contributed by atoms with van der Waals surface area (Å²) < 4.78 is 16.9.